The van der Waals surface area contributed by atoms with Gasteiger partial charge in [0, 0.05) is 12.2 Å². The molecule has 2 atom stereocenters. The largest absolute Gasteiger partial charge is 0.508 e. The van der Waals surface area contributed by atoms with Crippen molar-refractivity contribution < 1.29 is 24.2 Å². The second-order valence-corrected chi connectivity index (χ2v) is 11.2. The topological polar surface area (TPSA) is 108 Å². The Labute approximate surface area is 230 Å². The molecule has 0 radical (unpaired) electrons. The van der Waals surface area contributed by atoms with Crippen LogP contribution in [0.15, 0.2) is 48.5 Å². The Morgan fingerprint density at radius 1 is 1.11 bits per heavy atom. The predicted octanol–water partition coefficient (Wildman–Crippen LogP) is 5.66. The number of nitrogens with one attached hydrogen (secondary N) is 2. The fourth-order valence-corrected chi connectivity index (χ4v) is 4.39. The molecule has 8 nitrogen and oxygen atoms in total. The van der Waals surface area contributed by atoms with Gasteiger partial charge < -0.3 is 25.4 Å². The van der Waals surface area contributed by atoms with E-state index < -0.39 is 29.7 Å². The lowest BCUT2D eigenvalue weighted by molar-refractivity contribution is -0.141. The zero-order chi connectivity index (χ0) is 28.3. The van der Waals surface area contributed by atoms with Crippen molar-refractivity contribution in [3.05, 3.63) is 59.7 Å². The third-order valence-electron chi connectivity index (χ3n) is 5.78. The number of carbonyl (C=O) groups is 3. The maximum Gasteiger partial charge on any atom is 0.408 e. The first-order valence-electron chi connectivity index (χ1n) is 12.9. The fraction of sp³-hybridized carbons (Fsp3) is 0.483. The van der Waals surface area contributed by atoms with Crippen LogP contribution in [0.1, 0.15) is 64.1 Å². The van der Waals surface area contributed by atoms with Crippen molar-refractivity contribution >= 4 is 35.4 Å². The van der Waals surface area contributed by atoms with Crippen LogP contribution in [0.25, 0.3) is 0 Å². The Hall–Kier alpha value is -3.20. The Bertz CT molecular complexity index is 1090. The first-order chi connectivity index (χ1) is 18.0. The van der Waals surface area contributed by atoms with Gasteiger partial charge in [-0.1, -0.05) is 43.7 Å². The average Bonchev–Trinajstić information content (AvgIpc) is 2.84. The number of carbonyl (C=O) groups excluding carboxylic acids is 3. The summed E-state index contributed by atoms with van der Waals surface area (Å²) in [5.41, 5.74) is 1.26. The van der Waals surface area contributed by atoms with Crippen LogP contribution in [0.4, 0.5) is 10.5 Å². The third kappa shape index (κ3) is 9.59. The molecule has 0 saturated carbocycles. The number of rotatable bonds is 12. The summed E-state index contributed by atoms with van der Waals surface area (Å²) in [4.78, 5) is 42.1. The molecule has 2 rings (SSSR count). The van der Waals surface area contributed by atoms with Gasteiger partial charge in [0.25, 0.3) is 5.91 Å². The zero-order valence-corrected chi connectivity index (χ0v) is 24.1. The second-order valence-electron chi connectivity index (χ2n) is 10.2. The van der Waals surface area contributed by atoms with Crippen LogP contribution >= 0.6 is 11.8 Å². The number of phenols is 1. The summed E-state index contributed by atoms with van der Waals surface area (Å²) in [5, 5.41) is 15.9. The van der Waals surface area contributed by atoms with Crippen molar-refractivity contribution in [1.29, 1.82) is 0 Å². The molecule has 2 unspecified atom stereocenters. The van der Waals surface area contributed by atoms with Crippen molar-refractivity contribution in [2.75, 3.05) is 23.9 Å². The quantitative estimate of drug-likeness (QED) is 0.319. The van der Waals surface area contributed by atoms with Crippen LogP contribution in [0.3, 0.4) is 0 Å². The normalized spacial score (nSPS) is 12.8. The molecule has 0 fully saturated rings. The Morgan fingerprint density at radius 3 is 2.42 bits per heavy atom. The zero-order valence-electron chi connectivity index (χ0n) is 23.2. The van der Waals surface area contributed by atoms with Crippen LogP contribution in [0.2, 0.25) is 0 Å². The summed E-state index contributed by atoms with van der Waals surface area (Å²) in [6.07, 6.45) is 3.06. The lowest BCUT2D eigenvalue weighted by atomic mass is 10.0. The third-order valence-corrected chi connectivity index (χ3v) is 6.43. The van der Waals surface area contributed by atoms with Gasteiger partial charge in [0.2, 0.25) is 5.91 Å². The molecule has 38 heavy (non-hydrogen) atoms. The van der Waals surface area contributed by atoms with Crippen molar-refractivity contribution in [2.45, 2.75) is 71.6 Å². The van der Waals surface area contributed by atoms with Gasteiger partial charge in [0.1, 0.15) is 23.4 Å². The van der Waals surface area contributed by atoms with Gasteiger partial charge in [-0.05, 0) is 81.9 Å². The Kier molecular flexibility index (Phi) is 12.0. The van der Waals surface area contributed by atoms with Crippen LogP contribution in [0.5, 0.6) is 5.75 Å². The molecule has 0 bridgehead atoms. The number of aromatic hydroxyl groups is 1. The summed E-state index contributed by atoms with van der Waals surface area (Å²) >= 11 is 1.56. The number of hydrogen-bond acceptors (Lipinski definition) is 6. The van der Waals surface area contributed by atoms with E-state index in [9.17, 15) is 19.5 Å². The van der Waals surface area contributed by atoms with Crippen molar-refractivity contribution in [1.82, 2.24) is 10.2 Å². The molecule has 3 N–H and O–H groups in total. The molecule has 0 aromatic heterocycles. The van der Waals surface area contributed by atoms with Crippen LogP contribution in [-0.2, 0) is 14.3 Å². The molecule has 0 aliphatic heterocycles. The van der Waals surface area contributed by atoms with E-state index in [1.165, 1.54) is 17.0 Å². The van der Waals surface area contributed by atoms with Crippen LogP contribution in [-0.4, -0.2) is 58.1 Å². The SMILES string of the molecule is CCCCN(C(=O)C(CCSC)NC(=O)OC(C)(C)C)C(C(=O)Nc1ccccc1C)c1cccc(O)c1. The number of amides is 3. The average molecular weight is 544 g/mol. The number of aryl methyl sites for hydroxylation is 1. The molecule has 0 spiro atoms. The number of para-hydroxylation sites is 1. The summed E-state index contributed by atoms with van der Waals surface area (Å²) in [6, 6.07) is 11.9. The van der Waals surface area contributed by atoms with Crippen molar-refractivity contribution in [2.24, 2.45) is 0 Å². The first-order valence-corrected chi connectivity index (χ1v) is 14.3. The number of ether oxygens (including phenoxy) is 1. The lowest BCUT2D eigenvalue weighted by Gasteiger charge is -2.34. The molecule has 3 amide bonds. The highest BCUT2D eigenvalue weighted by molar-refractivity contribution is 7.98. The minimum Gasteiger partial charge on any atom is -0.508 e. The summed E-state index contributed by atoms with van der Waals surface area (Å²) in [7, 11) is 0. The van der Waals surface area contributed by atoms with Gasteiger partial charge in [-0.2, -0.15) is 11.8 Å². The summed E-state index contributed by atoms with van der Waals surface area (Å²) < 4.78 is 5.42. The summed E-state index contributed by atoms with van der Waals surface area (Å²) in [6.45, 7) is 9.46. The molecular weight excluding hydrogens is 502 g/mol. The van der Waals surface area contributed by atoms with Crippen LogP contribution < -0.4 is 10.6 Å². The predicted molar refractivity (Wildman–Crippen MR) is 153 cm³/mol. The van der Waals surface area contributed by atoms with E-state index in [0.717, 1.165) is 12.0 Å². The molecule has 0 saturated heterocycles. The van der Waals surface area contributed by atoms with Crippen molar-refractivity contribution in [3.8, 4) is 5.75 Å². The number of nitrogens with zero attached hydrogens (tertiary/aromatic N) is 1. The standard InChI is InChI=1S/C29H41N3O5S/c1-7-8-17-32(27(35)24(16-18-38-6)31-28(36)37-29(3,4)5)25(21-13-11-14-22(33)19-21)26(34)30-23-15-10-9-12-20(23)2/h9-15,19,24-25,33H,7-8,16-18H2,1-6H3,(H,30,34)(H,31,36). The summed E-state index contributed by atoms with van der Waals surface area (Å²) in [5.74, 6) is -0.174. The van der Waals surface area contributed by atoms with E-state index in [0.29, 0.717) is 36.4 Å². The molecule has 0 aliphatic carbocycles. The maximum absolute atomic E-state index is 14.1. The number of benzene rings is 2. The number of unbranched alkanes of at least 4 members (excludes halogenated alkanes) is 1. The molecule has 2 aromatic carbocycles. The van der Waals surface area contributed by atoms with Crippen molar-refractivity contribution in [3.63, 3.8) is 0 Å². The Morgan fingerprint density at radius 2 is 1.82 bits per heavy atom. The van der Waals surface area contributed by atoms with Gasteiger partial charge >= 0.3 is 6.09 Å². The van der Waals surface area contributed by atoms with E-state index in [4.69, 9.17) is 4.74 Å². The lowest BCUT2D eigenvalue weighted by Crippen LogP contribution is -2.52. The smallest absolute Gasteiger partial charge is 0.408 e. The van der Waals surface area contributed by atoms with E-state index in [1.807, 2.05) is 38.3 Å². The van der Waals surface area contributed by atoms with E-state index in [-0.39, 0.29) is 11.7 Å². The van der Waals surface area contributed by atoms with Gasteiger partial charge in [-0.15, -0.1) is 0 Å². The van der Waals surface area contributed by atoms with Crippen LogP contribution in [0, 0.1) is 6.92 Å². The van der Waals surface area contributed by atoms with E-state index in [1.54, 1.807) is 50.7 Å². The minimum absolute atomic E-state index is 0.00936. The number of anilines is 1. The number of hydrogen-bond donors (Lipinski definition) is 3. The highest BCUT2D eigenvalue weighted by Crippen LogP contribution is 2.28. The molecule has 9 heteroatoms. The maximum atomic E-state index is 14.1. The van der Waals surface area contributed by atoms with E-state index >= 15 is 0 Å². The monoisotopic (exact) mass is 543 g/mol. The van der Waals surface area contributed by atoms with Gasteiger partial charge in [-0.25, -0.2) is 4.79 Å². The molecule has 0 heterocycles. The molecule has 208 valence electrons. The first kappa shape index (κ1) is 31.0. The number of phenolic OH excluding ortho intramolecular Hbond substituents is 1. The Balaban J connectivity index is 2.51. The van der Waals surface area contributed by atoms with Gasteiger partial charge in [0.05, 0.1) is 0 Å². The van der Waals surface area contributed by atoms with Gasteiger partial charge in [-0.3, -0.25) is 9.59 Å². The highest BCUT2D eigenvalue weighted by Gasteiger charge is 2.36. The molecule has 0 aliphatic rings. The second kappa shape index (κ2) is 14.7. The fourth-order valence-electron chi connectivity index (χ4n) is 3.92. The van der Waals surface area contributed by atoms with E-state index in [2.05, 4.69) is 10.6 Å². The highest BCUT2D eigenvalue weighted by atomic mass is 32.2. The molecule has 2 aromatic rings. The van der Waals surface area contributed by atoms with Gasteiger partial charge in [0.15, 0.2) is 0 Å². The number of thioether (sulfide) groups is 1. The molecular formula is C29H41N3O5S. The number of alkyl carbamates (subject to hydrolysis) is 1. The minimum atomic E-state index is -1.03.